The first kappa shape index (κ1) is 13.8. The molecule has 0 bridgehead atoms. The highest BCUT2D eigenvalue weighted by molar-refractivity contribution is 7.90. The Balaban J connectivity index is 1.99. The Morgan fingerprint density at radius 3 is 2.63 bits per heavy atom. The molecular weight excluding hydrogens is 272 g/mol. The third-order valence-corrected chi connectivity index (χ3v) is 4.59. The van der Waals surface area contributed by atoms with Crippen LogP contribution in [0.25, 0.3) is 0 Å². The van der Waals surface area contributed by atoms with E-state index in [9.17, 15) is 13.2 Å². The highest BCUT2D eigenvalue weighted by Crippen LogP contribution is 2.20. The number of nitrogens with zero attached hydrogens (tertiary/aromatic N) is 2. The molecule has 9 heteroatoms. The monoisotopic (exact) mass is 288 g/mol. The Labute approximate surface area is 111 Å². The van der Waals surface area contributed by atoms with Crippen LogP contribution in [0.4, 0.5) is 5.82 Å². The van der Waals surface area contributed by atoms with Crippen molar-refractivity contribution in [2.45, 2.75) is 19.8 Å². The molecule has 0 atom stereocenters. The quantitative estimate of drug-likeness (QED) is 0.730. The van der Waals surface area contributed by atoms with Crippen molar-refractivity contribution in [2.24, 2.45) is 5.92 Å². The Morgan fingerprint density at radius 1 is 1.53 bits per heavy atom. The molecule has 0 spiro atoms. The molecule has 0 aromatic carbocycles. The summed E-state index contributed by atoms with van der Waals surface area (Å²) in [6.45, 7) is 2.18. The number of carbonyl (C=O) groups is 1. The van der Waals surface area contributed by atoms with Gasteiger partial charge in [-0.1, -0.05) is 0 Å². The Hall–Kier alpha value is -1.61. The van der Waals surface area contributed by atoms with E-state index in [2.05, 4.69) is 14.9 Å². The number of carboxylic acid groups (broad SMARTS) is 1. The van der Waals surface area contributed by atoms with Crippen molar-refractivity contribution in [1.82, 2.24) is 14.5 Å². The number of aromatic amines is 1. The van der Waals surface area contributed by atoms with Crippen molar-refractivity contribution >= 4 is 22.0 Å². The Morgan fingerprint density at radius 2 is 2.16 bits per heavy atom. The van der Waals surface area contributed by atoms with Crippen molar-refractivity contribution in [1.29, 1.82) is 0 Å². The first-order valence-corrected chi connectivity index (χ1v) is 7.35. The number of aryl methyl sites for hydroxylation is 1. The van der Waals surface area contributed by atoms with Crippen LogP contribution < -0.4 is 4.72 Å². The van der Waals surface area contributed by atoms with Gasteiger partial charge >= 0.3 is 16.2 Å². The minimum atomic E-state index is -3.66. The highest BCUT2D eigenvalue weighted by Gasteiger charge is 2.31. The van der Waals surface area contributed by atoms with Gasteiger partial charge in [-0.25, -0.2) is 0 Å². The molecule has 1 aliphatic rings. The predicted molar refractivity (Wildman–Crippen MR) is 67.8 cm³/mol. The Bertz CT molecular complexity index is 560. The summed E-state index contributed by atoms with van der Waals surface area (Å²) in [7, 11) is -3.66. The van der Waals surface area contributed by atoms with Crippen molar-refractivity contribution < 1.29 is 18.3 Å². The zero-order valence-electron chi connectivity index (χ0n) is 10.5. The lowest BCUT2D eigenvalue weighted by atomic mass is 9.99. The lowest BCUT2D eigenvalue weighted by molar-refractivity contribution is -0.142. The molecule has 1 aromatic rings. The lowest BCUT2D eigenvalue weighted by Gasteiger charge is -2.28. The number of piperidine rings is 1. The maximum atomic E-state index is 12.1. The first-order chi connectivity index (χ1) is 8.88. The molecule has 106 valence electrons. The van der Waals surface area contributed by atoms with Gasteiger partial charge in [0.05, 0.1) is 5.92 Å². The number of anilines is 1. The zero-order chi connectivity index (χ0) is 14.0. The lowest BCUT2D eigenvalue weighted by Crippen LogP contribution is -2.43. The van der Waals surface area contributed by atoms with E-state index in [0.717, 1.165) is 5.69 Å². The van der Waals surface area contributed by atoms with E-state index in [4.69, 9.17) is 5.11 Å². The zero-order valence-corrected chi connectivity index (χ0v) is 11.3. The standard InChI is InChI=1S/C10H16N4O4S/c1-7-6-9(12-11-7)13-19(17,18)14-4-2-8(3-5-14)10(15)16/h6,8H,2-5H2,1H3,(H,15,16)(H2,11,12,13). The maximum absolute atomic E-state index is 12.1. The fourth-order valence-electron chi connectivity index (χ4n) is 2.01. The van der Waals surface area contributed by atoms with Gasteiger partial charge in [0, 0.05) is 24.8 Å². The molecule has 1 fully saturated rings. The van der Waals surface area contributed by atoms with Crippen molar-refractivity contribution in [3.05, 3.63) is 11.8 Å². The van der Waals surface area contributed by atoms with Crippen molar-refractivity contribution in [2.75, 3.05) is 17.8 Å². The summed E-state index contributed by atoms with van der Waals surface area (Å²) in [5, 5.41) is 15.3. The van der Waals surface area contributed by atoms with Gasteiger partial charge in [-0.05, 0) is 19.8 Å². The van der Waals surface area contributed by atoms with Crippen LogP contribution >= 0.6 is 0 Å². The fraction of sp³-hybridized carbons (Fsp3) is 0.600. The first-order valence-electron chi connectivity index (χ1n) is 5.91. The number of H-pyrrole nitrogens is 1. The number of hydrogen-bond donors (Lipinski definition) is 3. The average molecular weight is 288 g/mol. The van der Waals surface area contributed by atoms with Crippen LogP contribution in [0.1, 0.15) is 18.5 Å². The second-order valence-electron chi connectivity index (χ2n) is 4.55. The van der Waals surface area contributed by atoms with Crippen LogP contribution in [-0.2, 0) is 15.0 Å². The highest BCUT2D eigenvalue weighted by atomic mass is 32.2. The van der Waals surface area contributed by atoms with Gasteiger partial charge < -0.3 is 5.11 Å². The fourth-order valence-corrected chi connectivity index (χ4v) is 3.20. The van der Waals surface area contributed by atoms with Gasteiger partial charge in [0.25, 0.3) is 0 Å². The van der Waals surface area contributed by atoms with E-state index in [-0.39, 0.29) is 18.9 Å². The summed E-state index contributed by atoms with van der Waals surface area (Å²) in [5.41, 5.74) is 0.752. The van der Waals surface area contributed by atoms with Gasteiger partial charge in [0.15, 0.2) is 5.82 Å². The van der Waals surface area contributed by atoms with E-state index in [0.29, 0.717) is 12.8 Å². The number of nitrogens with one attached hydrogen (secondary N) is 2. The number of aromatic nitrogens is 2. The number of aliphatic carboxylic acids is 1. The summed E-state index contributed by atoms with van der Waals surface area (Å²) in [6.07, 6.45) is 0.658. The molecule has 0 amide bonds. The van der Waals surface area contributed by atoms with Gasteiger partial charge in [-0.3, -0.25) is 14.6 Å². The SMILES string of the molecule is Cc1cc(NS(=O)(=O)N2CCC(C(=O)O)CC2)n[nH]1. The van der Waals surface area contributed by atoms with Crippen LogP contribution in [0.2, 0.25) is 0 Å². The predicted octanol–water partition coefficient (Wildman–Crippen LogP) is 0.171. The maximum Gasteiger partial charge on any atom is 0.306 e. The van der Waals surface area contributed by atoms with Crippen LogP contribution in [0.5, 0.6) is 0 Å². The summed E-state index contributed by atoms with van der Waals surface area (Å²) < 4.78 is 27.7. The van der Waals surface area contributed by atoms with E-state index in [1.165, 1.54) is 4.31 Å². The topological polar surface area (TPSA) is 115 Å². The third kappa shape index (κ3) is 3.24. The molecule has 2 rings (SSSR count). The van der Waals surface area contributed by atoms with E-state index < -0.39 is 22.1 Å². The molecule has 0 radical (unpaired) electrons. The minimum Gasteiger partial charge on any atom is -0.481 e. The van der Waals surface area contributed by atoms with Crippen LogP contribution in [0.3, 0.4) is 0 Å². The molecule has 8 nitrogen and oxygen atoms in total. The van der Waals surface area contributed by atoms with E-state index in [1.807, 2.05) is 0 Å². The smallest absolute Gasteiger partial charge is 0.306 e. The molecule has 0 aliphatic carbocycles. The second kappa shape index (κ2) is 5.17. The molecule has 1 aromatic heterocycles. The molecular formula is C10H16N4O4S. The van der Waals surface area contributed by atoms with E-state index in [1.54, 1.807) is 13.0 Å². The van der Waals surface area contributed by atoms with E-state index >= 15 is 0 Å². The van der Waals surface area contributed by atoms with Crippen molar-refractivity contribution in [3.8, 4) is 0 Å². The average Bonchev–Trinajstić information content (AvgIpc) is 2.74. The molecule has 3 N–H and O–H groups in total. The van der Waals surface area contributed by atoms with Crippen LogP contribution in [0, 0.1) is 12.8 Å². The summed E-state index contributed by atoms with van der Waals surface area (Å²) in [6, 6.07) is 1.58. The second-order valence-corrected chi connectivity index (χ2v) is 6.23. The normalized spacial score (nSPS) is 18.4. The number of rotatable bonds is 4. The summed E-state index contributed by atoms with van der Waals surface area (Å²) >= 11 is 0. The molecule has 2 heterocycles. The Kier molecular flexibility index (Phi) is 3.76. The van der Waals surface area contributed by atoms with Crippen LogP contribution in [0.15, 0.2) is 6.07 Å². The summed E-state index contributed by atoms with van der Waals surface area (Å²) in [5.74, 6) is -1.09. The molecule has 0 saturated carbocycles. The van der Waals surface area contributed by atoms with Gasteiger partial charge in [-0.2, -0.15) is 17.8 Å². The molecule has 1 saturated heterocycles. The minimum absolute atomic E-state index is 0.204. The number of carboxylic acids is 1. The van der Waals surface area contributed by atoms with Crippen molar-refractivity contribution in [3.63, 3.8) is 0 Å². The van der Waals surface area contributed by atoms with Gasteiger partial charge in [-0.15, -0.1) is 0 Å². The molecule has 0 unspecified atom stereocenters. The molecule has 19 heavy (non-hydrogen) atoms. The van der Waals surface area contributed by atoms with Crippen LogP contribution in [-0.4, -0.2) is 47.1 Å². The number of hydrogen-bond acceptors (Lipinski definition) is 4. The van der Waals surface area contributed by atoms with Gasteiger partial charge in [0.2, 0.25) is 0 Å². The van der Waals surface area contributed by atoms with Gasteiger partial charge in [0.1, 0.15) is 0 Å². The largest absolute Gasteiger partial charge is 0.481 e. The summed E-state index contributed by atoms with van der Waals surface area (Å²) in [4.78, 5) is 10.8. The third-order valence-electron chi connectivity index (χ3n) is 3.08. The molecule has 1 aliphatic heterocycles.